The molecule has 0 saturated carbocycles. The molecule has 2 rings (SSSR count). The Morgan fingerprint density at radius 2 is 1.90 bits per heavy atom. The average Bonchev–Trinajstić information content (AvgIpc) is 2.76. The molecule has 0 saturated heterocycles. The van der Waals surface area contributed by atoms with E-state index in [1.165, 1.54) is 20.9 Å². The summed E-state index contributed by atoms with van der Waals surface area (Å²) in [7, 11) is 0. The lowest BCUT2D eigenvalue weighted by Crippen LogP contribution is -2.17. The molecule has 0 aliphatic rings. The molecular formula is C17H23NOS. The molecule has 0 spiro atoms. The SMILES string of the molecule is CCOc1ccc(C(C)NCc2cc(C)c(C)s2)cc1. The number of aryl methyl sites for hydroxylation is 2. The minimum absolute atomic E-state index is 0.341. The summed E-state index contributed by atoms with van der Waals surface area (Å²) < 4.78 is 5.47. The van der Waals surface area contributed by atoms with E-state index in [1.54, 1.807) is 0 Å². The van der Waals surface area contributed by atoms with E-state index < -0.39 is 0 Å². The predicted octanol–water partition coefficient (Wildman–Crippen LogP) is 4.61. The third-order valence-corrected chi connectivity index (χ3v) is 4.64. The molecule has 1 aromatic carbocycles. The second kappa shape index (κ2) is 6.91. The molecule has 108 valence electrons. The fraction of sp³-hybridized carbons (Fsp3) is 0.412. The van der Waals surface area contributed by atoms with Gasteiger partial charge in [0.2, 0.25) is 0 Å². The maximum atomic E-state index is 5.47. The minimum Gasteiger partial charge on any atom is -0.494 e. The van der Waals surface area contributed by atoms with Gasteiger partial charge in [-0.3, -0.25) is 0 Å². The highest BCUT2D eigenvalue weighted by atomic mass is 32.1. The highest BCUT2D eigenvalue weighted by Crippen LogP contribution is 2.22. The highest BCUT2D eigenvalue weighted by molar-refractivity contribution is 7.12. The van der Waals surface area contributed by atoms with Gasteiger partial charge in [-0.2, -0.15) is 0 Å². The van der Waals surface area contributed by atoms with Crippen molar-refractivity contribution in [1.82, 2.24) is 5.32 Å². The second-order valence-electron chi connectivity index (χ2n) is 5.06. The lowest BCUT2D eigenvalue weighted by molar-refractivity contribution is 0.340. The molecular weight excluding hydrogens is 266 g/mol. The minimum atomic E-state index is 0.341. The molecule has 1 atom stereocenters. The van der Waals surface area contributed by atoms with Crippen LogP contribution in [0.2, 0.25) is 0 Å². The second-order valence-corrected chi connectivity index (χ2v) is 6.40. The summed E-state index contributed by atoms with van der Waals surface area (Å²) in [5.74, 6) is 0.938. The quantitative estimate of drug-likeness (QED) is 0.838. The Labute approximate surface area is 125 Å². The van der Waals surface area contributed by atoms with Crippen molar-refractivity contribution in [3.05, 3.63) is 51.2 Å². The molecule has 1 N–H and O–H groups in total. The Kier molecular flexibility index (Phi) is 5.21. The zero-order valence-corrected chi connectivity index (χ0v) is 13.5. The van der Waals surface area contributed by atoms with Crippen molar-refractivity contribution in [3.8, 4) is 5.75 Å². The van der Waals surface area contributed by atoms with E-state index in [9.17, 15) is 0 Å². The summed E-state index contributed by atoms with van der Waals surface area (Å²) in [4.78, 5) is 2.81. The van der Waals surface area contributed by atoms with Crippen molar-refractivity contribution in [2.75, 3.05) is 6.61 Å². The number of hydrogen-bond acceptors (Lipinski definition) is 3. The van der Waals surface area contributed by atoms with Crippen LogP contribution in [0.1, 0.15) is 40.8 Å². The van der Waals surface area contributed by atoms with Crippen molar-refractivity contribution in [2.24, 2.45) is 0 Å². The smallest absolute Gasteiger partial charge is 0.119 e. The topological polar surface area (TPSA) is 21.3 Å². The molecule has 0 amide bonds. The molecule has 2 nitrogen and oxygen atoms in total. The molecule has 2 aromatic rings. The number of nitrogens with one attached hydrogen (secondary N) is 1. The van der Waals surface area contributed by atoms with Crippen LogP contribution in [-0.4, -0.2) is 6.61 Å². The summed E-state index contributed by atoms with van der Waals surface area (Å²) in [5, 5.41) is 3.58. The summed E-state index contributed by atoms with van der Waals surface area (Å²) in [5.41, 5.74) is 2.68. The third kappa shape index (κ3) is 3.84. The van der Waals surface area contributed by atoms with Gasteiger partial charge in [0.15, 0.2) is 0 Å². The molecule has 1 heterocycles. The van der Waals surface area contributed by atoms with Gasteiger partial charge in [0.05, 0.1) is 6.61 Å². The summed E-state index contributed by atoms with van der Waals surface area (Å²) >= 11 is 1.88. The average molecular weight is 289 g/mol. The van der Waals surface area contributed by atoms with E-state index in [4.69, 9.17) is 4.74 Å². The first-order chi connectivity index (χ1) is 9.60. The largest absolute Gasteiger partial charge is 0.494 e. The number of thiophene rings is 1. The van der Waals surface area contributed by atoms with Crippen molar-refractivity contribution >= 4 is 11.3 Å². The first-order valence-corrected chi connectivity index (χ1v) is 7.94. The molecule has 3 heteroatoms. The Balaban J connectivity index is 1.92. The summed E-state index contributed by atoms with van der Waals surface area (Å²) in [6, 6.07) is 11.0. The fourth-order valence-electron chi connectivity index (χ4n) is 2.13. The van der Waals surface area contributed by atoms with Gasteiger partial charge >= 0.3 is 0 Å². The van der Waals surface area contributed by atoms with E-state index in [-0.39, 0.29) is 0 Å². The van der Waals surface area contributed by atoms with Crippen LogP contribution in [0.25, 0.3) is 0 Å². The Morgan fingerprint density at radius 1 is 1.20 bits per heavy atom. The molecule has 1 aromatic heterocycles. The Bertz CT molecular complexity index is 525. The van der Waals surface area contributed by atoms with E-state index in [1.807, 2.05) is 30.4 Å². The lowest BCUT2D eigenvalue weighted by atomic mass is 10.1. The number of ether oxygens (including phenoxy) is 1. The van der Waals surface area contributed by atoms with Crippen molar-refractivity contribution in [1.29, 1.82) is 0 Å². The molecule has 1 unspecified atom stereocenters. The number of hydrogen-bond donors (Lipinski definition) is 1. The van der Waals surface area contributed by atoms with Crippen LogP contribution in [0.4, 0.5) is 0 Å². The zero-order valence-electron chi connectivity index (χ0n) is 12.7. The highest BCUT2D eigenvalue weighted by Gasteiger charge is 2.07. The molecule has 0 fully saturated rings. The number of rotatable bonds is 6. The lowest BCUT2D eigenvalue weighted by Gasteiger charge is -2.14. The van der Waals surface area contributed by atoms with Gasteiger partial charge < -0.3 is 10.1 Å². The van der Waals surface area contributed by atoms with Crippen LogP contribution in [0, 0.1) is 13.8 Å². The first-order valence-electron chi connectivity index (χ1n) is 7.12. The maximum Gasteiger partial charge on any atom is 0.119 e. The van der Waals surface area contributed by atoms with Gasteiger partial charge in [0.25, 0.3) is 0 Å². The van der Waals surface area contributed by atoms with Crippen LogP contribution in [-0.2, 0) is 6.54 Å². The Morgan fingerprint density at radius 3 is 2.45 bits per heavy atom. The summed E-state index contributed by atoms with van der Waals surface area (Å²) in [6.07, 6.45) is 0. The maximum absolute atomic E-state index is 5.47. The molecule has 0 bridgehead atoms. The zero-order chi connectivity index (χ0) is 14.5. The van der Waals surface area contributed by atoms with Crippen LogP contribution < -0.4 is 10.1 Å². The van der Waals surface area contributed by atoms with Gasteiger partial charge in [-0.05, 0) is 57.0 Å². The fourth-order valence-corrected chi connectivity index (χ4v) is 3.13. The molecule has 20 heavy (non-hydrogen) atoms. The van der Waals surface area contributed by atoms with Crippen LogP contribution in [0.5, 0.6) is 5.75 Å². The van der Waals surface area contributed by atoms with Crippen molar-refractivity contribution in [3.63, 3.8) is 0 Å². The van der Waals surface area contributed by atoms with E-state index in [0.29, 0.717) is 12.6 Å². The molecule has 0 aliphatic carbocycles. The van der Waals surface area contributed by atoms with Gasteiger partial charge in [-0.1, -0.05) is 12.1 Å². The standard InChI is InChI=1S/C17H23NOS/c1-5-19-16-8-6-15(7-9-16)13(3)18-11-17-10-12(2)14(4)20-17/h6-10,13,18H,5,11H2,1-4H3. The van der Waals surface area contributed by atoms with Crippen molar-refractivity contribution in [2.45, 2.75) is 40.3 Å². The van der Waals surface area contributed by atoms with Gasteiger partial charge in [0.1, 0.15) is 5.75 Å². The predicted molar refractivity (Wildman–Crippen MR) is 86.7 cm³/mol. The third-order valence-electron chi connectivity index (χ3n) is 3.49. The normalized spacial score (nSPS) is 12.4. The monoisotopic (exact) mass is 289 g/mol. The van der Waals surface area contributed by atoms with Gasteiger partial charge in [0, 0.05) is 22.3 Å². The van der Waals surface area contributed by atoms with Gasteiger partial charge in [-0.15, -0.1) is 11.3 Å². The molecule has 0 aliphatic heterocycles. The van der Waals surface area contributed by atoms with Gasteiger partial charge in [-0.25, -0.2) is 0 Å². The number of benzene rings is 1. The molecule has 0 radical (unpaired) electrons. The van der Waals surface area contributed by atoms with Crippen molar-refractivity contribution < 1.29 is 4.74 Å². The first kappa shape index (κ1) is 15.1. The van der Waals surface area contributed by atoms with E-state index in [2.05, 4.69) is 44.3 Å². The van der Waals surface area contributed by atoms with Crippen LogP contribution in [0.3, 0.4) is 0 Å². The van der Waals surface area contributed by atoms with Crippen LogP contribution in [0.15, 0.2) is 30.3 Å². The van der Waals surface area contributed by atoms with Crippen LogP contribution >= 0.6 is 11.3 Å². The van der Waals surface area contributed by atoms with E-state index in [0.717, 1.165) is 12.3 Å². The Hall–Kier alpha value is -1.32. The van der Waals surface area contributed by atoms with E-state index >= 15 is 0 Å². The summed E-state index contributed by atoms with van der Waals surface area (Å²) in [6.45, 7) is 10.2.